The topological polar surface area (TPSA) is 112 Å². The third kappa shape index (κ3) is 6.73. The van der Waals surface area contributed by atoms with Crippen molar-refractivity contribution in [2.75, 3.05) is 42.5 Å². The summed E-state index contributed by atoms with van der Waals surface area (Å²) >= 11 is 1.24. The summed E-state index contributed by atoms with van der Waals surface area (Å²) in [5.74, 6) is -0.219. The number of alkyl halides is 3. The molecule has 166 valence electrons. The molecule has 0 unspecified atom stereocenters. The van der Waals surface area contributed by atoms with Crippen molar-refractivity contribution in [3.63, 3.8) is 0 Å². The Morgan fingerprint density at radius 1 is 1.35 bits per heavy atom. The van der Waals surface area contributed by atoms with E-state index in [9.17, 15) is 23.2 Å². The summed E-state index contributed by atoms with van der Waals surface area (Å²) in [6.07, 6.45) is -2.77. The highest BCUT2D eigenvalue weighted by atomic mass is 32.2. The minimum Gasteiger partial charge on any atom is -0.383 e. The van der Waals surface area contributed by atoms with Gasteiger partial charge in [-0.2, -0.15) is 23.4 Å². The molecule has 31 heavy (non-hydrogen) atoms. The number of nitriles is 1. The van der Waals surface area contributed by atoms with Gasteiger partial charge in [0.05, 0.1) is 12.2 Å². The lowest BCUT2D eigenvalue weighted by atomic mass is 10.2. The van der Waals surface area contributed by atoms with Crippen LogP contribution in [0.25, 0.3) is 0 Å². The summed E-state index contributed by atoms with van der Waals surface area (Å²) in [7, 11) is 1.55. The van der Waals surface area contributed by atoms with Crippen molar-refractivity contribution in [3.8, 4) is 6.07 Å². The summed E-state index contributed by atoms with van der Waals surface area (Å²) in [6, 6.07) is 5.43. The van der Waals surface area contributed by atoms with Crippen molar-refractivity contribution in [2.24, 2.45) is 0 Å². The molecule has 0 spiro atoms. The molecule has 3 N–H and O–H groups in total. The second kappa shape index (κ2) is 10.8. The lowest BCUT2D eigenvalue weighted by molar-refractivity contribution is -0.137. The number of nitrogens with zero attached hydrogens (tertiary/aromatic N) is 3. The Hall–Kier alpha value is -3.04. The Labute approximate surface area is 181 Å². The first-order valence-corrected chi connectivity index (χ1v) is 10.3. The van der Waals surface area contributed by atoms with Crippen molar-refractivity contribution in [1.29, 1.82) is 5.26 Å². The molecule has 2 aromatic rings. The van der Waals surface area contributed by atoms with Gasteiger partial charge in [0, 0.05) is 19.3 Å². The highest BCUT2D eigenvalue weighted by Gasteiger charge is 2.30. The Bertz CT molecular complexity index is 965. The maximum absolute atomic E-state index is 12.9. The van der Waals surface area contributed by atoms with Crippen LogP contribution in [-0.2, 0) is 15.7 Å². The first kappa shape index (κ1) is 24.2. The molecule has 0 saturated carbocycles. The number of halogens is 3. The Morgan fingerprint density at radius 2 is 2.10 bits per heavy atom. The second-order valence-electron chi connectivity index (χ2n) is 6.25. The van der Waals surface area contributed by atoms with Crippen LogP contribution in [0, 0.1) is 11.3 Å². The van der Waals surface area contributed by atoms with E-state index in [2.05, 4.69) is 25.9 Å². The standard InChI is InChI=1S/C19H21F3N6O2S/c1-11(16(29)26-13-6-4-5-12(9-13)19(20,21)22)25-15-14(10-23)17(31-3)28-18(27-15)24-7-8-30-2/h4-6,9,11H,7-8H2,1-3H3,(H,26,29)(H2,24,25,27,28)/t11-/m0/s1. The maximum Gasteiger partial charge on any atom is 0.416 e. The van der Waals surface area contributed by atoms with E-state index in [1.54, 1.807) is 13.4 Å². The van der Waals surface area contributed by atoms with Gasteiger partial charge in [-0.05, 0) is 31.4 Å². The summed E-state index contributed by atoms with van der Waals surface area (Å²) < 4.78 is 43.6. The number of carbonyl (C=O) groups excluding carboxylic acids is 1. The highest BCUT2D eigenvalue weighted by Crippen LogP contribution is 2.31. The molecule has 0 aliphatic carbocycles. The van der Waals surface area contributed by atoms with Gasteiger partial charge in [-0.3, -0.25) is 4.79 Å². The first-order valence-electron chi connectivity index (χ1n) is 9.03. The van der Waals surface area contributed by atoms with Crippen LogP contribution < -0.4 is 16.0 Å². The molecule has 1 atom stereocenters. The molecule has 1 heterocycles. The first-order chi connectivity index (χ1) is 14.7. The fraction of sp³-hybridized carbons (Fsp3) is 0.368. The van der Waals surface area contributed by atoms with E-state index in [1.165, 1.54) is 30.8 Å². The van der Waals surface area contributed by atoms with Gasteiger partial charge in [0.2, 0.25) is 11.9 Å². The monoisotopic (exact) mass is 454 g/mol. The van der Waals surface area contributed by atoms with Gasteiger partial charge in [0.15, 0.2) is 5.82 Å². The predicted molar refractivity (Wildman–Crippen MR) is 112 cm³/mol. The van der Waals surface area contributed by atoms with Crippen LogP contribution in [-0.4, -0.2) is 48.4 Å². The number of rotatable bonds is 9. The number of anilines is 3. The molecule has 0 saturated heterocycles. The summed E-state index contributed by atoms with van der Waals surface area (Å²) in [4.78, 5) is 21.0. The van der Waals surface area contributed by atoms with E-state index in [4.69, 9.17) is 4.74 Å². The van der Waals surface area contributed by atoms with Gasteiger partial charge < -0.3 is 20.7 Å². The molecule has 0 radical (unpaired) electrons. The van der Waals surface area contributed by atoms with Crippen molar-refractivity contribution >= 4 is 35.1 Å². The number of ether oxygens (including phenoxy) is 1. The third-order valence-corrected chi connectivity index (χ3v) is 4.66. The van der Waals surface area contributed by atoms with Crippen LogP contribution in [0.3, 0.4) is 0 Å². The van der Waals surface area contributed by atoms with E-state index in [0.29, 0.717) is 18.2 Å². The van der Waals surface area contributed by atoms with Gasteiger partial charge in [-0.25, -0.2) is 4.98 Å². The number of aromatic nitrogens is 2. The van der Waals surface area contributed by atoms with Crippen LogP contribution in [0.15, 0.2) is 29.3 Å². The van der Waals surface area contributed by atoms with Crippen molar-refractivity contribution < 1.29 is 22.7 Å². The minimum absolute atomic E-state index is 0.00314. The average Bonchev–Trinajstić information content (AvgIpc) is 2.73. The summed E-state index contributed by atoms with van der Waals surface area (Å²) in [5.41, 5.74) is -0.711. The van der Waals surface area contributed by atoms with Crippen molar-refractivity contribution in [2.45, 2.75) is 24.2 Å². The predicted octanol–water partition coefficient (Wildman–Crippen LogP) is 3.59. The van der Waals surface area contributed by atoms with Gasteiger partial charge in [-0.1, -0.05) is 6.07 Å². The zero-order valence-corrected chi connectivity index (χ0v) is 17.8. The van der Waals surface area contributed by atoms with E-state index in [1.807, 2.05) is 6.07 Å². The average molecular weight is 454 g/mol. The number of hydrogen-bond donors (Lipinski definition) is 3. The number of methoxy groups -OCH3 is 1. The Balaban J connectivity index is 2.19. The molecular weight excluding hydrogens is 433 g/mol. The van der Waals surface area contributed by atoms with Crippen molar-refractivity contribution in [1.82, 2.24) is 9.97 Å². The number of benzene rings is 1. The molecule has 1 aromatic carbocycles. The molecular formula is C19H21F3N6O2S. The van der Waals surface area contributed by atoms with Crippen LogP contribution in [0.2, 0.25) is 0 Å². The van der Waals surface area contributed by atoms with E-state index >= 15 is 0 Å². The molecule has 0 bridgehead atoms. The SMILES string of the molecule is COCCNc1nc(N[C@@H](C)C(=O)Nc2cccc(C(F)(F)F)c2)c(C#N)c(SC)n1. The normalized spacial score (nSPS) is 12.0. The van der Waals surface area contributed by atoms with Crippen molar-refractivity contribution in [3.05, 3.63) is 35.4 Å². The Kier molecular flexibility index (Phi) is 8.47. The molecule has 2 rings (SSSR count). The largest absolute Gasteiger partial charge is 0.416 e. The molecule has 1 aromatic heterocycles. The molecule has 0 aliphatic heterocycles. The smallest absolute Gasteiger partial charge is 0.383 e. The number of nitrogens with one attached hydrogen (secondary N) is 3. The van der Waals surface area contributed by atoms with Gasteiger partial charge in [-0.15, -0.1) is 11.8 Å². The Morgan fingerprint density at radius 3 is 2.71 bits per heavy atom. The van der Waals surface area contributed by atoms with Gasteiger partial charge in [0.1, 0.15) is 22.7 Å². The maximum atomic E-state index is 12.9. The number of thioether (sulfide) groups is 1. The van der Waals surface area contributed by atoms with E-state index < -0.39 is 23.7 Å². The molecule has 1 amide bonds. The molecule has 0 aliphatic rings. The number of carbonyl (C=O) groups is 1. The fourth-order valence-electron chi connectivity index (χ4n) is 2.43. The number of amides is 1. The van der Waals surface area contributed by atoms with Crippen LogP contribution in [0.4, 0.5) is 30.6 Å². The van der Waals surface area contributed by atoms with E-state index in [-0.39, 0.29) is 23.0 Å². The number of hydrogen-bond acceptors (Lipinski definition) is 8. The molecule has 12 heteroatoms. The minimum atomic E-state index is -4.52. The molecule has 0 fully saturated rings. The molecule has 8 nitrogen and oxygen atoms in total. The van der Waals surface area contributed by atoms with Crippen LogP contribution in [0.5, 0.6) is 0 Å². The lowest BCUT2D eigenvalue weighted by Gasteiger charge is -2.18. The van der Waals surface area contributed by atoms with Crippen LogP contribution in [0.1, 0.15) is 18.1 Å². The quantitative estimate of drug-likeness (QED) is 0.299. The van der Waals surface area contributed by atoms with E-state index in [0.717, 1.165) is 12.1 Å². The van der Waals surface area contributed by atoms with Gasteiger partial charge >= 0.3 is 6.18 Å². The second-order valence-corrected chi connectivity index (χ2v) is 7.04. The lowest BCUT2D eigenvalue weighted by Crippen LogP contribution is -2.32. The zero-order chi connectivity index (χ0) is 23.0. The highest BCUT2D eigenvalue weighted by molar-refractivity contribution is 7.98. The summed E-state index contributed by atoms with van der Waals surface area (Å²) in [5, 5.41) is 18.1. The van der Waals surface area contributed by atoms with Gasteiger partial charge in [0.25, 0.3) is 0 Å². The fourth-order valence-corrected chi connectivity index (χ4v) is 2.96. The zero-order valence-electron chi connectivity index (χ0n) is 17.0. The third-order valence-electron chi connectivity index (χ3n) is 3.97. The van der Waals surface area contributed by atoms with Crippen LogP contribution >= 0.6 is 11.8 Å². The summed E-state index contributed by atoms with van der Waals surface area (Å²) in [6.45, 7) is 2.35.